The molecule has 2 aromatic rings. The highest BCUT2D eigenvalue weighted by molar-refractivity contribution is 8.00. The van der Waals surface area contributed by atoms with Gasteiger partial charge in [0.25, 0.3) is 5.91 Å². The van der Waals surface area contributed by atoms with E-state index in [-0.39, 0.29) is 17.6 Å². The van der Waals surface area contributed by atoms with Crippen molar-refractivity contribution in [2.75, 3.05) is 5.75 Å². The second-order valence-corrected chi connectivity index (χ2v) is 7.08. The van der Waals surface area contributed by atoms with Crippen molar-refractivity contribution >= 4 is 46.5 Å². The second kappa shape index (κ2) is 7.62. The molecule has 0 saturated carbocycles. The van der Waals surface area contributed by atoms with E-state index in [1.165, 1.54) is 23.1 Å². The van der Waals surface area contributed by atoms with Gasteiger partial charge in [0.2, 0.25) is 5.91 Å². The third-order valence-corrected chi connectivity index (χ3v) is 4.94. The standard InChI is InChI=1S/C14H14ClN3O2S2/c1-8-13(22-9(2)16-8)14(20)18-17-12(19)7-21-11-5-3-10(15)4-6-11/h3-6H,7H2,1-2H3,(H,17,19)(H,18,20). The molecule has 0 radical (unpaired) electrons. The molecule has 116 valence electrons. The number of carbonyl (C=O) groups is 2. The Morgan fingerprint density at radius 2 is 1.91 bits per heavy atom. The molecule has 1 aromatic heterocycles. The quantitative estimate of drug-likeness (QED) is 0.653. The molecular weight excluding hydrogens is 342 g/mol. The van der Waals surface area contributed by atoms with E-state index >= 15 is 0 Å². The Hall–Kier alpha value is -1.57. The number of carbonyl (C=O) groups excluding carboxylic acids is 2. The Labute approximate surface area is 141 Å². The Morgan fingerprint density at radius 3 is 2.50 bits per heavy atom. The van der Waals surface area contributed by atoms with E-state index < -0.39 is 0 Å². The number of nitrogens with one attached hydrogen (secondary N) is 2. The summed E-state index contributed by atoms with van der Waals surface area (Å²) < 4.78 is 0. The van der Waals surface area contributed by atoms with Crippen LogP contribution in [0.4, 0.5) is 0 Å². The minimum atomic E-state index is -0.354. The highest BCUT2D eigenvalue weighted by Gasteiger charge is 2.14. The van der Waals surface area contributed by atoms with E-state index in [1.54, 1.807) is 19.1 Å². The topological polar surface area (TPSA) is 71.1 Å². The molecule has 0 fully saturated rings. The Kier molecular flexibility index (Phi) is 5.82. The molecule has 2 rings (SSSR count). The van der Waals surface area contributed by atoms with Crippen LogP contribution in [0.15, 0.2) is 29.2 Å². The van der Waals surface area contributed by atoms with Crippen molar-refractivity contribution in [2.45, 2.75) is 18.7 Å². The van der Waals surface area contributed by atoms with Gasteiger partial charge in [0.1, 0.15) is 4.88 Å². The lowest BCUT2D eigenvalue weighted by atomic mass is 10.4. The number of halogens is 1. The van der Waals surface area contributed by atoms with Crippen LogP contribution in [-0.2, 0) is 4.79 Å². The zero-order valence-electron chi connectivity index (χ0n) is 12.0. The monoisotopic (exact) mass is 355 g/mol. The smallest absolute Gasteiger partial charge is 0.272 e. The lowest BCUT2D eigenvalue weighted by Gasteiger charge is -2.06. The first-order chi connectivity index (χ1) is 10.5. The number of hydrogen-bond donors (Lipinski definition) is 2. The van der Waals surface area contributed by atoms with Crippen LogP contribution < -0.4 is 10.9 Å². The van der Waals surface area contributed by atoms with Gasteiger partial charge in [0.15, 0.2) is 0 Å². The second-order valence-electron chi connectivity index (χ2n) is 4.39. The van der Waals surface area contributed by atoms with Gasteiger partial charge in [-0.1, -0.05) is 11.6 Å². The zero-order valence-corrected chi connectivity index (χ0v) is 14.4. The summed E-state index contributed by atoms with van der Waals surface area (Å²) in [6.07, 6.45) is 0. The van der Waals surface area contributed by atoms with Crippen LogP contribution in [0.3, 0.4) is 0 Å². The Morgan fingerprint density at radius 1 is 1.23 bits per heavy atom. The molecule has 1 heterocycles. The van der Waals surface area contributed by atoms with Crippen LogP contribution in [-0.4, -0.2) is 22.6 Å². The molecule has 2 N–H and O–H groups in total. The van der Waals surface area contributed by atoms with Crippen molar-refractivity contribution in [3.05, 3.63) is 44.9 Å². The van der Waals surface area contributed by atoms with Crippen molar-refractivity contribution in [1.82, 2.24) is 15.8 Å². The molecule has 0 spiro atoms. The maximum atomic E-state index is 11.9. The summed E-state index contributed by atoms with van der Waals surface area (Å²) in [5.41, 5.74) is 5.45. The van der Waals surface area contributed by atoms with Gasteiger partial charge >= 0.3 is 0 Å². The summed E-state index contributed by atoms with van der Waals surface area (Å²) >= 11 is 8.45. The molecule has 0 saturated heterocycles. The Balaban J connectivity index is 1.79. The van der Waals surface area contributed by atoms with Gasteiger partial charge in [-0.15, -0.1) is 23.1 Å². The van der Waals surface area contributed by atoms with Crippen LogP contribution >= 0.6 is 34.7 Å². The summed E-state index contributed by atoms with van der Waals surface area (Å²) in [5, 5.41) is 1.46. The van der Waals surface area contributed by atoms with Crippen LogP contribution in [0.5, 0.6) is 0 Å². The van der Waals surface area contributed by atoms with Crippen LogP contribution in [0.1, 0.15) is 20.4 Å². The fourth-order valence-electron chi connectivity index (χ4n) is 1.64. The SMILES string of the molecule is Cc1nc(C)c(C(=O)NNC(=O)CSc2ccc(Cl)cc2)s1. The minimum absolute atomic E-state index is 0.197. The van der Waals surface area contributed by atoms with Crippen LogP contribution in [0, 0.1) is 13.8 Å². The first-order valence-corrected chi connectivity index (χ1v) is 8.55. The molecule has 5 nitrogen and oxygen atoms in total. The number of nitrogens with zero attached hydrogens (tertiary/aromatic N) is 1. The van der Waals surface area contributed by atoms with Gasteiger partial charge < -0.3 is 0 Å². The molecule has 2 amide bonds. The van der Waals surface area contributed by atoms with Crippen molar-refractivity contribution < 1.29 is 9.59 Å². The highest BCUT2D eigenvalue weighted by atomic mass is 35.5. The van der Waals surface area contributed by atoms with Crippen LogP contribution in [0.25, 0.3) is 0 Å². The van der Waals surface area contributed by atoms with E-state index in [9.17, 15) is 9.59 Å². The van der Waals surface area contributed by atoms with Gasteiger partial charge in [-0.2, -0.15) is 0 Å². The van der Waals surface area contributed by atoms with Gasteiger partial charge in [-0.25, -0.2) is 4.98 Å². The van der Waals surface area contributed by atoms with Crippen molar-refractivity contribution in [3.63, 3.8) is 0 Å². The number of benzene rings is 1. The third kappa shape index (κ3) is 4.72. The third-order valence-electron chi connectivity index (χ3n) is 2.61. The average molecular weight is 356 g/mol. The number of thiazole rings is 1. The predicted molar refractivity (Wildman–Crippen MR) is 89.4 cm³/mol. The largest absolute Gasteiger partial charge is 0.281 e. The summed E-state index contributed by atoms with van der Waals surface area (Å²) in [6, 6.07) is 7.20. The maximum Gasteiger partial charge on any atom is 0.281 e. The van der Waals surface area contributed by atoms with E-state index in [1.807, 2.05) is 19.1 Å². The number of aromatic nitrogens is 1. The molecule has 8 heteroatoms. The van der Waals surface area contributed by atoms with E-state index in [0.29, 0.717) is 15.6 Å². The number of aryl methyl sites for hydroxylation is 2. The fourth-order valence-corrected chi connectivity index (χ4v) is 3.28. The number of hydrazine groups is 1. The first kappa shape index (κ1) is 16.8. The fraction of sp³-hybridized carbons (Fsp3) is 0.214. The summed E-state index contributed by atoms with van der Waals surface area (Å²) in [4.78, 5) is 29.2. The lowest BCUT2D eigenvalue weighted by molar-refractivity contribution is -0.119. The van der Waals surface area contributed by atoms with Gasteiger partial charge in [0.05, 0.1) is 16.5 Å². The number of amides is 2. The van der Waals surface area contributed by atoms with E-state index in [4.69, 9.17) is 11.6 Å². The molecule has 0 unspecified atom stereocenters. The van der Waals surface area contributed by atoms with Crippen LogP contribution in [0.2, 0.25) is 5.02 Å². The predicted octanol–water partition coefficient (Wildman–Crippen LogP) is 2.97. The van der Waals surface area contributed by atoms with Crippen molar-refractivity contribution in [3.8, 4) is 0 Å². The molecule has 0 aliphatic heterocycles. The molecule has 22 heavy (non-hydrogen) atoms. The normalized spacial score (nSPS) is 10.3. The molecule has 0 aliphatic carbocycles. The first-order valence-electron chi connectivity index (χ1n) is 6.37. The number of thioether (sulfide) groups is 1. The average Bonchev–Trinajstić information content (AvgIpc) is 2.83. The van der Waals surface area contributed by atoms with E-state index in [0.717, 1.165) is 9.90 Å². The molecule has 1 aromatic carbocycles. The summed E-state index contributed by atoms with van der Waals surface area (Å²) in [7, 11) is 0. The minimum Gasteiger partial charge on any atom is -0.272 e. The molecule has 0 bridgehead atoms. The molecule has 0 aliphatic rings. The maximum absolute atomic E-state index is 11.9. The highest BCUT2D eigenvalue weighted by Crippen LogP contribution is 2.20. The number of hydrogen-bond acceptors (Lipinski definition) is 5. The van der Waals surface area contributed by atoms with Crippen molar-refractivity contribution in [1.29, 1.82) is 0 Å². The van der Waals surface area contributed by atoms with Gasteiger partial charge in [-0.05, 0) is 38.1 Å². The van der Waals surface area contributed by atoms with Gasteiger partial charge in [-0.3, -0.25) is 20.4 Å². The zero-order chi connectivity index (χ0) is 16.1. The van der Waals surface area contributed by atoms with E-state index in [2.05, 4.69) is 15.8 Å². The van der Waals surface area contributed by atoms with Gasteiger partial charge in [0, 0.05) is 9.92 Å². The summed E-state index contributed by atoms with van der Waals surface area (Å²) in [5.74, 6) is -0.442. The summed E-state index contributed by atoms with van der Waals surface area (Å²) in [6.45, 7) is 3.59. The lowest BCUT2D eigenvalue weighted by Crippen LogP contribution is -2.42. The molecule has 0 atom stereocenters. The Bertz CT molecular complexity index is 686. The number of rotatable bonds is 4. The molecular formula is C14H14ClN3O2S2. The van der Waals surface area contributed by atoms with Crippen molar-refractivity contribution in [2.24, 2.45) is 0 Å².